The highest BCUT2D eigenvalue weighted by atomic mass is 16.6. The van der Waals surface area contributed by atoms with Gasteiger partial charge in [0, 0.05) is 12.2 Å². The first-order chi connectivity index (χ1) is 9.51. The number of phenolic OH excluding ortho intramolecular Hbond substituents is 1. The van der Waals surface area contributed by atoms with Crippen LogP contribution in [-0.2, 0) is 14.3 Å². The monoisotopic (exact) mass is 280 g/mol. The molecule has 0 fully saturated rings. The predicted octanol–water partition coefficient (Wildman–Crippen LogP) is 1.76. The van der Waals surface area contributed by atoms with Crippen LogP contribution in [0.25, 0.3) is 0 Å². The van der Waals surface area contributed by atoms with Crippen LogP contribution in [-0.4, -0.2) is 35.4 Å². The van der Waals surface area contributed by atoms with Crippen LogP contribution in [0.5, 0.6) is 11.5 Å². The van der Waals surface area contributed by atoms with Gasteiger partial charge in [0.05, 0.1) is 0 Å². The van der Waals surface area contributed by atoms with Crippen molar-refractivity contribution in [2.24, 2.45) is 0 Å². The lowest BCUT2D eigenvalue weighted by Crippen LogP contribution is -2.10. The number of benzene rings is 1. The number of esters is 1. The van der Waals surface area contributed by atoms with Gasteiger partial charge >= 0.3 is 11.9 Å². The lowest BCUT2D eigenvalue weighted by molar-refractivity contribution is -0.138. The molecule has 0 saturated carbocycles. The molecule has 0 aromatic heterocycles. The standard InChI is InChI=1S/C11H12O4.C3H4O2/c1-2-11(13)15-8-7-14-10-6-4-3-5-9(10)12;1-2-3(4)5/h2-6,12H,1,7-8H2;2H,1H2,(H,4,5). The number of aliphatic carboxylic acids is 1. The lowest BCUT2D eigenvalue weighted by atomic mass is 10.3. The number of aromatic hydroxyl groups is 1. The number of hydrogen-bond acceptors (Lipinski definition) is 5. The van der Waals surface area contributed by atoms with E-state index in [-0.39, 0.29) is 19.0 Å². The van der Waals surface area contributed by atoms with E-state index in [2.05, 4.69) is 17.9 Å². The van der Waals surface area contributed by atoms with E-state index in [1.165, 1.54) is 6.07 Å². The summed E-state index contributed by atoms with van der Waals surface area (Å²) in [6, 6.07) is 6.58. The van der Waals surface area contributed by atoms with Gasteiger partial charge in [0.25, 0.3) is 0 Å². The number of para-hydroxylation sites is 2. The quantitative estimate of drug-likeness (QED) is 0.468. The van der Waals surface area contributed by atoms with Gasteiger partial charge in [-0.05, 0) is 12.1 Å². The summed E-state index contributed by atoms with van der Waals surface area (Å²) in [5.41, 5.74) is 0. The second kappa shape index (κ2) is 10.2. The SMILES string of the molecule is C=CC(=O)O.C=CC(=O)OCCOc1ccccc1O. The fourth-order valence-corrected chi connectivity index (χ4v) is 0.932. The van der Waals surface area contributed by atoms with E-state index in [1.54, 1.807) is 18.2 Å². The summed E-state index contributed by atoms with van der Waals surface area (Å²) < 4.78 is 9.86. The molecule has 0 saturated heterocycles. The van der Waals surface area contributed by atoms with Crippen LogP contribution in [0.15, 0.2) is 49.6 Å². The van der Waals surface area contributed by atoms with E-state index in [0.29, 0.717) is 5.75 Å². The highest BCUT2D eigenvalue weighted by molar-refractivity contribution is 5.81. The molecule has 0 aliphatic heterocycles. The van der Waals surface area contributed by atoms with Crippen LogP contribution in [0.2, 0.25) is 0 Å². The number of phenols is 1. The molecule has 0 atom stereocenters. The van der Waals surface area contributed by atoms with E-state index in [4.69, 9.17) is 9.84 Å². The minimum atomic E-state index is -0.981. The van der Waals surface area contributed by atoms with E-state index < -0.39 is 11.9 Å². The summed E-state index contributed by atoms with van der Waals surface area (Å²) in [6.45, 7) is 6.53. The summed E-state index contributed by atoms with van der Waals surface area (Å²) in [7, 11) is 0. The number of carboxylic acid groups (broad SMARTS) is 1. The second-order valence-corrected chi connectivity index (χ2v) is 3.23. The van der Waals surface area contributed by atoms with Gasteiger partial charge in [0.1, 0.15) is 13.2 Å². The molecule has 1 aromatic rings. The minimum absolute atomic E-state index is 0.0625. The number of rotatable bonds is 6. The molecule has 0 aliphatic carbocycles. The predicted molar refractivity (Wildman–Crippen MR) is 72.6 cm³/mol. The fourth-order valence-electron chi connectivity index (χ4n) is 0.932. The second-order valence-electron chi connectivity index (χ2n) is 3.23. The van der Waals surface area contributed by atoms with Crippen molar-refractivity contribution in [2.75, 3.05) is 13.2 Å². The van der Waals surface area contributed by atoms with Gasteiger partial charge in [0.15, 0.2) is 11.5 Å². The minimum Gasteiger partial charge on any atom is -0.504 e. The Kier molecular flexibility index (Phi) is 8.78. The first-order valence-electron chi connectivity index (χ1n) is 5.56. The number of carbonyl (C=O) groups is 2. The molecule has 1 rings (SSSR count). The van der Waals surface area contributed by atoms with Gasteiger partial charge in [-0.1, -0.05) is 25.3 Å². The highest BCUT2D eigenvalue weighted by Gasteiger charge is 2.00. The van der Waals surface area contributed by atoms with Crippen molar-refractivity contribution in [3.05, 3.63) is 49.6 Å². The summed E-state index contributed by atoms with van der Waals surface area (Å²) in [4.78, 5) is 19.9. The van der Waals surface area contributed by atoms with Crippen LogP contribution >= 0.6 is 0 Å². The van der Waals surface area contributed by atoms with Crippen molar-refractivity contribution in [1.82, 2.24) is 0 Å². The van der Waals surface area contributed by atoms with Crippen molar-refractivity contribution < 1.29 is 29.3 Å². The van der Waals surface area contributed by atoms with E-state index in [1.807, 2.05) is 0 Å². The van der Waals surface area contributed by atoms with Gasteiger partial charge in [-0.25, -0.2) is 9.59 Å². The Morgan fingerprint density at radius 3 is 2.25 bits per heavy atom. The van der Waals surface area contributed by atoms with Crippen molar-refractivity contribution in [1.29, 1.82) is 0 Å². The largest absolute Gasteiger partial charge is 0.504 e. The molecule has 0 radical (unpaired) electrons. The van der Waals surface area contributed by atoms with Crippen LogP contribution in [0, 0.1) is 0 Å². The van der Waals surface area contributed by atoms with Crippen LogP contribution < -0.4 is 4.74 Å². The Morgan fingerprint density at radius 1 is 1.15 bits per heavy atom. The Labute approximate surface area is 116 Å². The molecule has 20 heavy (non-hydrogen) atoms. The maximum absolute atomic E-state index is 10.6. The average Bonchev–Trinajstić information content (AvgIpc) is 2.45. The maximum Gasteiger partial charge on any atom is 0.330 e. The normalized spacial score (nSPS) is 8.60. The number of carbonyl (C=O) groups excluding carboxylic acids is 1. The van der Waals surface area contributed by atoms with Gasteiger partial charge in [-0.2, -0.15) is 0 Å². The average molecular weight is 280 g/mol. The molecule has 0 aliphatic rings. The molecule has 6 heteroatoms. The third kappa shape index (κ3) is 8.35. The summed E-state index contributed by atoms with van der Waals surface area (Å²) in [5, 5.41) is 16.9. The zero-order valence-electron chi connectivity index (χ0n) is 10.8. The van der Waals surface area contributed by atoms with Crippen LogP contribution in [0.1, 0.15) is 0 Å². The van der Waals surface area contributed by atoms with Gasteiger partial charge in [0.2, 0.25) is 0 Å². The molecule has 0 unspecified atom stereocenters. The maximum atomic E-state index is 10.6. The molecular weight excluding hydrogens is 264 g/mol. The zero-order chi connectivity index (χ0) is 15.4. The fraction of sp³-hybridized carbons (Fsp3) is 0.143. The number of hydrogen-bond donors (Lipinski definition) is 2. The van der Waals surface area contributed by atoms with Crippen molar-refractivity contribution >= 4 is 11.9 Å². The Morgan fingerprint density at radius 2 is 1.75 bits per heavy atom. The van der Waals surface area contributed by atoms with Gasteiger partial charge in [-0.15, -0.1) is 0 Å². The topological polar surface area (TPSA) is 93.1 Å². The first kappa shape index (κ1) is 17.2. The summed E-state index contributed by atoms with van der Waals surface area (Å²) >= 11 is 0. The highest BCUT2D eigenvalue weighted by Crippen LogP contribution is 2.23. The molecule has 0 spiro atoms. The number of ether oxygens (including phenoxy) is 2. The third-order valence-corrected chi connectivity index (χ3v) is 1.79. The molecule has 0 amide bonds. The van der Waals surface area contributed by atoms with E-state index >= 15 is 0 Å². The van der Waals surface area contributed by atoms with Crippen molar-refractivity contribution in [3.8, 4) is 11.5 Å². The molecule has 6 nitrogen and oxygen atoms in total. The molecular formula is C14H16O6. The summed E-state index contributed by atoms with van der Waals surface area (Å²) in [5.74, 6) is -1.04. The zero-order valence-corrected chi connectivity index (χ0v) is 10.8. The summed E-state index contributed by atoms with van der Waals surface area (Å²) in [6.07, 6.45) is 1.92. The van der Waals surface area contributed by atoms with Gasteiger partial charge in [-0.3, -0.25) is 0 Å². The first-order valence-corrected chi connectivity index (χ1v) is 5.56. The van der Waals surface area contributed by atoms with Crippen molar-refractivity contribution in [3.63, 3.8) is 0 Å². The van der Waals surface area contributed by atoms with Crippen molar-refractivity contribution in [2.45, 2.75) is 0 Å². The Balaban J connectivity index is 0.000000621. The third-order valence-electron chi connectivity index (χ3n) is 1.79. The Hall–Kier alpha value is -2.76. The Bertz CT molecular complexity index is 466. The smallest absolute Gasteiger partial charge is 0.330 e. The molecule has 2 N–H and O–H groups in total. The molecule has 0 heterocycles. The van der Waals surface area contributed by atoms with E-state index in [9.17, 15) is 14.7 Å². The molecule has 0 bridgehead atoms. The van der Waals surface area contributed by atoms with Gasteiger partial charge < -0.3 is 19.7 Å². The number of carboxylic acids is 1. The van der Waals surface area contributed by atoms with Crippen LogP contribution in [0.3, 0.4) is 0 Å². The molecule has 1 aromatic carbocycles. The lowest BCUT2D eigenvalue weighted by Gasteiger charge is -2.07. The van der Waals surface area contributed by atoms with Crippen LogP contribution in [0.4, 0.5) is 0 Å². The molecule has 108 valence electrons. The van der Waals surface area contributed by atoms with E-state index in [0.717, 1.165) is 12.2 Å².